The molecule has 0 spiro atoms. The van der Waals surface area contributed by atoms with Crippen molar-refractivity contribution in [3.63, 3.8) is 0 Å². The number of aryl methyl sites for hydroxylation is 2. The van der Waals surface area contributed by atoms with E-state index in [4.69, 9.17) is 4.98 Å². The van der Waals surface area contributed by atoms with Crippen LogP contribution in [0, 0.1) is 13.8 Å². The molecule has 2 aromatic heterocycles. The van der Waals surface area contributed by atoms with Gasteiger partial charge in [-0.3, -0.25) is 4.90 Å². The number of likely N-dealkylation sites (tertiary alicyclic amines) is 1. The van der Waals surface area contributed by atoms with Crippen molar-refractivity contribution in [2.45, 2.75) is 39.7 Å². The molecular formula is C17H23N3. The van der Waals surface area contributed by atoms with E-state index in [1.807, 2.05) is 0 Å². The second kappa shape index (κ2) is 5.41. The van der Waals surface area contributed by atoms with E-state index in [2.05, 4.69) is 60.7 Å². The molecule has 2 aromatic rings. The van der Waals surface area contributed by atoms with Gasteiger partial charge >= 0.3 is 0 Å². The van der Waals surface area contributed by atoms with Gasteiger partial charge in [0, 0.05) is 23.6 Å². The van der Waals surface area contributed by atoms with Gasteiger partial charge in [0.25, 0.3) is 0 Å². The van der Waals surface area contributed by atoms with E-state index in [-0.39, 0.29) is 0 Å². The van der Waals surface area contributed by atoms with E-state index in [1.54, 1.807) is 0 Å². The van der Waals surface area contributed by atoms with Crippen molar-refractivity contribution in [3.05, 3.63) is 47.4 Å². The first-order valence-corrected chi connectivity index (χ1v) is 7.56. The molecule has 3 heteroatoms. The molecule has 0 bridgehead atoms. The quantitative estimate of drug-likeness (QED) is 0.848. The summed E-state index contributed by atoms with van der Waals surface area (Å²) < 4.78 is 2.20. The zero-order valence-electron chi connectivity index (χ0n) is 12.6. The molecule has 0 unspecified atom stereocenters. The Kier molecular flexibility index (Phi) is 3.62. The SMILES string of the molecule is CCN1CCC[C@@H]1c1ccc(-n2c(C)ccc2C)nc1. The van der Waals surface area contributed by atoms with Crippen molar-refractivity contribution in [2.24, 2.45) is 0 Å². The minimum atomic E-state index is 0.563. The fourth-order valence-electron chi connectivity index (χ4n) is 3.34. The zero-order valence-corrected chi connectivity index (χ0v) is 12.6. The fraction of sp³-hybridized carbons (Fsp3) is 0.471. The third kappa shape index (κ3) is 2.27. The maximum Gasteiger partial charge on any atom is 0.136 e. The van der Waals surface area contributed by atoms with Crippen molar-refractivity contribution in [2.75, 3.05) is 13.1 Å². The third-order valence-corrected chi connectivity index (χ3v) is 4.43. The number of hydrogen-bond donors (Lipinski definition) is 0. The molecule has 0 aliphatic carbocycles. The highest BCUT2D eigenvalue weighted by atomic mass is 15.2. The molecule has 0 N–H and O–H groups in total. The first-order chi connectivity index (χ1) is 9.70. The molecular weight excluding hydrogens is 246 g/mol. The van der Waals surface area contributed by atoms with Crippen LogP contribution in [0.4, 0.5) is 0 Å². The topological polar surface area (TPSA) is 21.1 Å². The Labute approximate surface area is 121 Å². The van der Waals surface area contributed by atoms with E-state index >= 15 is 0 Å². The summed E-state index contributed by atoms with van der Waals surface area (Å²) in [4.78, 5) is 7.24. The summed E-state index contributed by atoms with van der Waals surface area (Å²) in [5.41, 5.74) is 3.83. The number of rotatable bonds is 3. The molecule has 1 atom stereocenters. The van der Waals surface area contributed by atoms with Crippen LogP contribution in [0.15, 0.2) is 30.5 Å². The van der Waals surface area contributed by atoms with E-state index in [0.29, 0.717) is 6.04 Å². The molecule has 0 amide bonds. The van der Waals surface area contributed by atoms with Crippen molar-refractivity contribution in [1.29, 1.82) is 0 Å². The largest absolute Gasteiger partial charge is 0.303 e. The van der Waals surface area contributed by atoms with Gasteiger partial charge in [-0.05, 0) is 63.5 Å². The van der Waals surface area contributed by atoms with Crippen molar-refractivity contribution >= 4 is 0 Å². The van der Waals surface area contributed by atoms with Crippen LogP contribution in [0.2, 0.25) is 0 Å². The Bertz CT molecular complexity index is 563. The van der Waals surface area contributed by atoms with Gasteiger partial charge in [0.05, 0.1) is 0 Å². The fourth-order valence-corrected chi connectivity index (χ4v) is 3.34. The molecule has 1 saturated heterocycles. The van der Waals surface area contributed by atoms with E-state index in [0.717, 1.165) is 12.4 Å². The van der Waals surface area contributed by atoms with Crippen molar-refractivity contribution < 1.29 is 0 Å². The number of nitrogens with zero attached hydrogens (tertiary/aromatic N) is 3. The lowest BCUT2D eigenvalue weighted by Crippen LogP contribution is -2.22. The summed E-state index contributed by atoms with van der Waals surface area (Å²) in [5.74, 6) is 1.02. The van der Waals surface area contributed by atoms with Crippen LogP contribution in [-0.4, -0.2) is 27.5 Å². The van der Waals surface area contributed by atoms with Crippen molar-refractivity contribution in [1.82, 2.24) is 14.5 Å². The second-order valence-corrected chi connectivity index (χ2v) is 5.69. The molecule has 3 rings (SSSR count). The van der Waals surface area contributed by atoms with Crippen LogP contribution in [-0.2, 0) is 0 Å². The van der Waals surface area contributed by atoms with E-state index < -0.39 is 0 Å². The first-order valence-electron chi connectivity index (χ1n) is 7.56. The highest BCUT2D eigenvalue weighted by Crippen LogP contribution is 2.31. The predicted octanol–water partition coefficient (Wildman–Crippen LogP) is 3.65. The molecule has 3 heterocycles. The first kappa shape index (κ1) is 13.4. The van der Waals surface area contributed by atoms with Crippen LogP contribution >= 0.6 is 0 Å². The minimum absolute atomic E-state index is 0.563. The monoisotopic (exact) mass is 269 g/mol. The van der Waals surface area contributed by atoms with Gasteiger partial charge in [-0.25, -0.2) is 4.98 Å². The van der Waals surface area contributed by atoms with Gasteiger partial charge < -0.3 is 4.57 Å². The molecule has 1 aliphatic heterocycles. The summed E-state index contributed by atoms with van der Waals surface area (Å²) in [5, 5.41) is 0. The summed E-state index contributed by atoms with van der Waals surface area (Å²) in [7, 11) is 0. The molecule has 1 fully saturated rings. The smallest absolute Gasteiger partial charge is 0.136 e. The lowest BCUT2D eigenvalue weighted by atomic mass is 10.1. The van der Waals surface area contributed by atoms with Crippen molar-refractivity contribution in [3.8, 4) is 5.82 Å². The highest BCUT2D eigenvalue weighted by molar-refractivity contribution is 5.33. The van der Waals surface area contributed by atoms with Gasteiger partial charge in [-0.15, -0.1) is 0 Å². The molecule has 0 saturated carbocycles. The molecule has 1 aliphatic rings. The molecule has 3 nitrogen and oxygen atoms in total. The van der Waals surface area contributed by atoms with Gasteiger partial charge in [0.15, 0.2) is 0 Å². The Morgan fingerprint density at radius 1 is 1.15 bits per heavy atom. The Morgan fingerprint density at radius 2 is 1.90 bits per heavy atom. The Morgan fingerprint density at radius 3 is 2.50 bits per heavy atom. The predicted molar refractivity (Wildman–Crippen MR) is 82.3 cm³/mol. The van der Waals surface area contributed by atoms with E-state index in [1.165, 1.54) is 36.3 Å². The highest BCUT2D eigenvalue weighted by Gasteiger charge is 2.24. The molecule has 0 aromatic carbocycles. The summed E-state index contributed by atoms with van der Waals surface area (Å²) in [6, 6.07) is 9.25. The van der Waals surface area contributed by atoms with Gasteiger partial charge in [-0.2, -0.15) is 0 Å². The summed E-state index contributed by atoms with van der Waals surface area (Å²) in [6.45, 7) is 8.84. The maximum absolute atomic E-state index is 4.69. The van der Waals surface area contributed by atoms with Gasteiger partial charge in [0.1, 0.15) is 5.82 Å². The molecule has 20 heavy (non-hydrogen) atoms. The number of pyridine rings is 1. The normalized spacial score (nSPS) is 19.6. The summed E-state index contributed by atoms with van der Waals surface area (Å²) in [6.07, 6.45) is 4.62. The lowest BCUT2D eigenvalue weighted by molar-refractivity contribution is 0.271. The van der Waals surface area contributed by atoms with Crippen LogP contribution in [0.1, 0.15) is 42.8 Å². The Balaban J connectivity index is 1.88. The van der Waals surface area contributed by atoms with Gasteiger partial charge in [0.2, 0.25) is 0 Å². The van der Waals surface area contributed by atoms with Gasteiger partial charge in [-0.1, -0.05) is 13.0 Å². The van der Waals surface area contributed by atoms with Crippen LogP contribution < -0.4 is 0 Å². The third-order valence-electron chi connectivity index (χ3n) is 4.43. The number of aromatic nitrogens is 2. The lowest BCUT2D eigenvalue weighted by Gasteiger charge is -2.23. The number of hydrogen-bond acceptors (Lipinski definition) is 2. The standard InChI is InChI=1S/C17H23N3/c1-4-19-11-5-6-16(19)15-9-10-17(18-12-15)20-13(2)7-8-14(20)3/h7-10,12,16H,4-6,11H2,1-3H3/t16-/m1/s1. The maximum atomic E-state index is 4.69. The minimum Gasteiger partial charge on any atom is -0.303 e. The molecule has 106 valence electrons. The second-order valence-electron chi connectivity index (χ2n) is 5.69. The van der Waals surface area contributed by atoms with E-state index in [9.17, 15) is 0 Å². The zero-order chi connectivity index (χ0) is 14.1. The van der Waals surface area contributed by atoms with Crippen LogP contribution in [0.3, 0.4) is 0 Å². The molecule has 0 radical (unpaired) electrons. The summed E-state index contributed by atoms with van der Waals surface area (Å²) >= 11 is 0. The average molecular weight is 269 g/mol. The van der Waals surface area contributed by atoms with Crippen LogP contribution in [0.25, 0.3) is 5.82 Å². The average Bonchev–Trinajstić information content (AvgIpc) is 3.06. The Hall–Kier alpha value is -1.61. The van der Waals surface area contributed by atoms with Crippen LogP contribution in [0.5, 0.6) is 0 Å².